The van der Waals surface area contributed by atoms with Gasteiger partial charge in [-0.3, -0.25) is 9.59 Å². The van der Waals surface area contributed by atoms with Crippen molar-refractivity contribution in [1.82, 2.24) is 10.2 Å². The monoisotopic (exact) mass is 392 g/mol. The number of hydrogen-bond acceptors (Lipinski definition) is 2. The summed E-state index contributed by atoms with van der Waals surface area (Å²) in [6.07, 6.45) is 0.736. The lowest BCUT2D eigenvalue weighted by Crippen LogP contribution is -2.45. The zero-order chi connectivity index (χ0) is 19.5. The van der Waals surface area contributed by atoms with E-state index in [2.05, 4.69) is 23.5 Å². The van der Waals surface area contributed by atoms with Crippen molar-refractivity contribution in [3.05, 3.63) is 82.9 Å². The van der Waals surface area contributed by atoms with Crippen LogP contribution in [0.4, 0.5) is 0 Å². The molecule has 0 bridgehead atoms. The van der Waals surface area contributed by atoms with Crippen molar-refractivity contribution in [2.75, 3.05) is 6.54 Å². The van der Waals surface area contributed by atoms with Gasteiger partial charge < -0.3 is 10.2 Å². The normalized spacial score (nSPS) is 17.5. The first-order valence-corrected chi connectivity index (χ1v) is 9.77. The lowest BCUT2D eigenvalue weighted by atomic mass is 10.0. The van der Waals surface area contributed by atoms with Crippen LogP contribution in [0.25, 0.3) is 10.8 Å². The maximum atomic E-state index is 13.2. The molecule has 0 unspecified atom stereocenters. The summed E-state index contributed by atoms with van der Waals surface area (Å²) in [4.78, 5) is 27.2. The minimum Gasteiger partial charge on any atom is -0.344 e. The largest absolute Gasteiger partial charge is 0.344 e. The van der Waals surface area contributed by atoms with Crippen LogP contribution >= 0.6 is 11.6 Å². The van der Waals surface area contributed by atoms with Crippen molar-refractivity contribution in [3.8, 4) is 0 Å². The molecular weight excluding hydrogens is 372 g/mol. The Bertz CT molecular complexity index is 1030. The van der Waals surface area contributed by atoms with Crippen molar-refractivity contribution < 1.29 is 9.59 Å². The predicted octanol–water partition coefficient (Wildman–Crippen LogP) is 3.95. The van der Waals surface area contributed by atoms with E-state index < -0.39 is 6.04 Å². The molecule has 0 radical (unpaired) electrons. The van der Waals surface area contributed by atoms with Crippen molar-refractivity contribution in [2.24, 2.45) is 0 Å². The Morgan fingerprint density at radius 3 is 2.64 bits per heavy atom. The van der Waals surface area contributed by atoms with E-state index >= 15 is 0 Å². The lowest BCUT2D eigenvalue weighted by Gasteiger charge is -2.25. The first-order chi connectivity index (χ1) is 13.6. The van der Waals surface area contributed by atoms with E-state index in [4.69, 9.17) is 11.6 Å². The van der Waals surface area contributed by atoms with Crippen molar-refractivity contribution in [2.45, 2.75) is 25.4 Å². The van der Waals surface area contributed by atoms with Crippen LogP contribution in [0.2, 0.25) is 5.02 Å². The number of carbonyl (C=O) groups is 2. The average Bonchev–Trinajstić information content (AvgIpc) is 2.82. The molecule has 2 amide bonds. The lowest BCUT2D eigenvalue weighted by molar-refractivity contribution is -0.134. The zero-order valence-corrected chi connectivity index (χ0v) is 16.2. The van der Waals surface area contributed by atoms with Gasteiger partial charge in [0.15, 0.2) is 0 Å². The van der Waals surface area contributed by atoms with E-state index in [0.717, 1.165) is 21.9 Å². The maximum Gasteiger partial charge on any atom is 0.245 e. The van der Waals surface area contributed by atoms with Gasteiger partial charge in [-0.1, -0.05) is 66.2 Å². The smallest absolute Gasteiger partial charge is 0.245 e. The summed E-state index contributed by atoms with van der Waals surface area (Å²) < 4.78 is 0. The minimum atomic E-state index is -0.580. The number of amides is 2. The van der Waals surface area contributed by atoms with Gasteiger partial charge in [0.1, 0.15) is 6.04 Å². The van der Waals surface area contributed by atoms with Crippen molar-refractivity contribution in [3.63, 3.8) is 0 Å². The standard InChI is InChI=1S/C23H21ClN2O2/c24-19-9-3-5-16(13-19)14-21-23(28)26(12-11-22(27)25-21)15-18-8-4-7-17-6-1-2-10-20(17)18/h1-10,13,21H,11-12,14-15H2,(H,25,27)/t21-/m0/s1. The van der Waals surface area contributed by atoms with E-state index in [9.17, 15) is 9.59 Å². The third-order valence-electron chi connectivity index (χ3n) is 5.12. The van der Waals surface area contributed by atoms with E-state index in [-0.39, 0.29) is 11.8 Å². The maximum absolute atomic E-state index is 13.2. The van der Waals surface area contributed by atoms with Gasteiger partial charge in [-0.2, -0.15) is 0 Å². The molecule has 4 nitrogen and oxygen atoms in total. The molecule has 5 heteroatoms. The number of halogens is 1. The van der Waals surface area contributed by atoms with Crippen LogP contribution in [0.1, 0.15) is 17.5 Å². The molecule has 3 aromatic rings. The van der Waals surface area contributed by atoms with E-state index in [1.54, 1.807) is 11.0 Å². The number of fused-ring (bicyclic) bond motifs is 1. The third kappa shape index (κ3) is 4.02. The first-order valence-electron chi connectivity index (χ1n) is 9.39. The molecule has 1 fully saturated rings. The van der Waals surface area contributed by atoms with Gasteiger partial charge in [0, 0.05) is 31.0 Å². The average molecular weight is 393 g/mol. The molecule has 0 aliphatic carbocycles. The van der Waals surface area contributed by atoms with Crippen LogP contribution in [0, 0.1) is 0 Å². The van der Waals surface area contributed by atoms with Crippen LogP contribution < -0.4 is 5.32 Å². The SMILES string of the molecule is O=C1CCN(Cc2cccc3ccccc23)C(=O)[C@H](Cc2cccc(Cl)c2)N1. The second-order valence-electron chi connectivity index (χ2n) is 7.10. The van der Waals surface area contributed by atoms with Gasteiger partial charge in [0.2, 0.25) is 11.8 Å². The number of benzene rings is 3. The molecular formula is C23H21ClN2O2. The van der Waals surface area contributed by atoms with Gasteiger partial charge in [-0.25, -0.2) is 0 Å². The molecule has 1 saturated heterocycles. The summed E-state index contributed by atoms with van der Waals surface area (Å²) in [7, 11) is 0. The highest BCUT2D eigenvalue weighted by Gasteiger charge is 2.30. The third-order valence-corrected chi connectivity index (χ3v) is 5.36. The molecule has 142 valence electrons. The van der Waals surface area contributed by atoms with Crippen molar-refractivity contribution in [1.29, 1.82) is 0 Å². The number of nitrogens with zero attached hydrogens (tertiary/aromatic N) is 1. The fourth-order valence-corrected chi connectivity index (χ4v) is 3.94. The van der Waals surface area contributed by atoms with E-state index in [1.807, 2.05) is 42.5 Å². The highest BCUT2D eigenvalue weighted by molar-refractivity contribution is 6.30. The van der Waals surface area contributed by atoms with Gasteiger partial charge in [-0.05, 0) is 34.0 Å². The van der Waals surface area contributed by atoms with Gasteiger partial charge in [0.25, 0.3) is 0 Å². The Kier molecular flexibility index (Phi) is 5.31. The molecule has 1 aliphatic rings. The second-order valence-corrected chi connectivity index (χ2v) is 7.54. The Balaban J connectivity index is 1.59. The Hall–Kier alpha value is -2.85. The quantitative estimate of drug-likeness (QED) is 0.730. The molecule has 1 atom stereocenters. The molecule has 4 rings (SSSR count). The highest BCUT2D eigenvalue weighted by atomic mass is 35.5. The molecule has 3 aromatic carbocycles. The summed E-state index contributed by atoms with van der Waals surface area (Å²) in [5.41, 5.74) is 2.01. The van der Waals surface area contributed by atoms with Crippen molar-refractivity contribution >= 4 is 34.2 Å². The van der Waals surface area contributed by atoms with E-state index in [0.29, 0.717) is 31.0 Å². The first kappa shape index (κ1) is 18.5. The second kappa shape index (κ2) is 8.03. The predicted molar refractivity (Wildman–Crippen MR) is 111 cm³/mol. The fraction of sp³-hybridized carbons (Fsp3) is 0.217. The highest BCUT2D eigenvalue weighted by Crippen LogP contribution is 2.22. The Morgan fingerprint density at radius 1 is 1.00 bits per heavy atom. The number of rotatable bonds is 4. The molecule has 0 spiro atoms. The fourth-order valence-electron chi connectivity index (χ4n) is 3.73. The summed E-state index contributed by atoms with van der Waals surface area (Å²) in [6.45, 7) is 0.904. The van der Waals surface area contributed by atoms with Crippen LogP contribution in [-0.4, -0.2) is 29.3 Å². The molecule has 1 heterocycles. The Labute approximate surface area is 169 Å². The van der Waals surface area contributed by atoms with Crippen LogP contribution in [0.3, 0.4) is 0 Å². The van der Waals surface area contributed by atoms with Crippen LogP contribution in [-0.2, 0) is 22.6 Å². The molecule has 0 saturated carbocycles. The summed E-state index contributed by atoms with van der Waals surface area (Å²) in [6, 6.07) is 21.1. The number of carbonyl (C=O) groups excluding carboxylic acids is 2. The molecule has 28 heavy (non-hydrogen) atoms. The minimum absolute atomic E-state index is 0.0567. The summed E-state index contributed by atoms with van der Waals surface area (Å²) in [5.74, 6) is -0.153. The topological polar surface area (TPSA) is 49.4 Å². The van der Waals surface area contributed by atoms with Gasteiger partial charge >= 0.3 is 0 Å². The molecule has 0 aromatic heterocycles. The number of hydrogen-bond donors (Lipinski definition) is 1. The van der Waals surface area contributed by atoms with Crippen LogP contribution in [0.5, 0.6) is 0 Å². The summed E-state index contributed by atoms with van der Waals surface area (Å²) in [5, 5.41) is 5.78. The Morgan fingerprint density at radius 2 is 1.79 bits per heavy atom. The van der Waals surface area contributed by atoms with Crippen LogP contribution in [0.15, 0.2) is 66.7 Å². The van der Waals surface area contributed by atoms with Gasteiger partial charge in [0.05, 0.1) is 0 Å². The van der Waals surface area contributed by atoms with Gasteiger partial charge in [-0.15, -0.1) is 0 Å². The molecule has 1 N–H and O–H groups in total. The summed E-state index contributed by atoms with van der Waals surface area (Å²) >= 11 is 6.07. The zero-order valence-electron chi connectivity index (χ0n) is 15.4. The number of nitrogens with one attached hydrogen (secondary N) is 1. The molecule has 1 aliphatic heterocycles. The van der Waals surface area contributed by atoms with E-state index in [1.165, 1.54) is 0 Å².